The van der Waals surface area contributed by atoms with Crippen LogP contribution in [-0.4, -0.2) is 31.9 Å². The van der Waals surface area contributed by atoms with Crippen LogP contribution in [0.3, 0.4) is 0 Å². The average molecular weight is 579 g/mol. The van der Waals surface area contributed by atoms with Gasteiger partial charge in [0.1, 0.15) is 12.4 Å². The van der Waals surface area contributed by atoms with Crippen LogP contribution in [0.1, 0.15) is 53.5 Å². The Morgan fingerprint density at radius 1 is 1.24 bits per heavy atom. The summed E-state index contributed by atoms with van der Waals surface area (Å²) >= 11 is 3.38. The first-order valence-corrected chi connectivity index (χ1v) is 12.5. The van der Waals surface area contributed by atoms with E-state index >= 15 is 0 Å². The van der Waals surface area contributed by atoms with Gasteiger partial charge in [0.25, 0.3) is 5.56 Å². The van der Waals surface area contributed by atoms with Crippen molar-refractivity contribution in [2.24, 2.45) is 5.10 Å². The molecule has 0 saturated heterocycles. The Morgan fingerprint density at radius 2 is 2.00 bits per heavy atom. The maximum atomic E-state index is 13.4. The number of nitro benzene ring substituents is 1. The Labute approximate surface area is 225 Å². The number of nitrogens with zero attached hydrogens (tertiary/aromatic N) is 4. The number of halogens is 1. The molecule has 0 amide bonds. The molecule has 4 aromatic rings. The summed E-state index contributed by atoms with van der Waals surface area (Å²) in [7, 11) is 0. The van der Waals surface area contributed by atoms with Crippen LogP contribution in [0.2, 0.25) is 0 Å². The van der Waals surface area contributed by atoms with Crippen molar-refractivity contribution in [1.29, 1.82) is 0 Å². The van der Waals surface area contributed by atoms with Crippen molar-refractivity contribution >= 4 is 44.7 Å². The Morgan fingerprint density at radius 3 is 2.71 bits per heavy atom. The Balaban J connectivity index is 1.78. The first-order valence-electron chi connectivity index (χ1n) is 11.7. The number of hydrogen-bond acceptors (Lipinski definition) is 7. The van der Waals surface area contributed by atoms with Crippen LogP contribution in [0.25, 0.3) is 10.9 Å². The third-order valence-corrected chi connectivity index (χ3v) is 6.47. The lowest BCUT2D eigenvalue weighted by Gasteiger charge is -2.14. The molecule has 1 aromatic heterocycles. The highest BCUT2D eigenvalue weighted by atomic mass is 79.9. The number of carbonyl (C=O) groups is 1. The number of nitro groups is 1. The number of fused-ring (bicyclic) bond motifs is 1. The van der Waals surface area contributed by atoms with Gasteiger partial charge in [0.2, 0.25) is 5.75 Å². The second-order valence-corrected chi connectivity index (χ2v) is 9.46. The minimum atomic E-state index is -1.09. The highest BCUT2D eigenvalue weighted by Crippen LogP contribution is 2.31. The molecule has 1 atom stereocenters. The van der Waals surface area contributed by atoms with E-state index in [1.54, 1.807) is 30.3 Å². The predicted octanol–water partition coefficient (Wildman–Crippen LogP) is 5.74. The SMILES string of the molecule is CC[C@H](C)c1nc2ccc(Br)cc2c(=O)n1N=Cc1cccc([N+](=O)[O-])c1OCc1cccc(C(=O)O)c1. The van der Waals surface area contributed by atoms with Gasteiger partial charge in [0.15, 0.2) is 0 Å². The lowest BCUT2D eigenvalue weighted by Crippen LogP contribution is -2.23. The fraction of sp³-hybridized carbons (Fsp3) is 0.185. The number of rotatable bonds is 9. The monoisotopic (exact) mass is 578 g/mol. The maximum absolute atomic E-state index is 13.4. The number of ether oxygens (including phenoxy) is 1. The molecule has 0 aliphatic heterocycles. The smallest absolute Gasteiger partial charge is 0.335 e. The molecule has 194 valence electrons. The lowest BCUT2D eigenvalue weighted by atomic mass is 10.1. The summed E-state index contributed by atoms with van der Waals surface area (Å²) in [4.78, 5) is 40.5. The summed E-state index contributed by atoms with van der Waals surface area (Å²) < 4.78 is 7.75. The zero-order valence-electron chi connectivity index (χ0n) is 20.5. The third kappa shape index (κ3) is 5.62. The van der Waals surface area contributed by atoms with Gasteiger partial charge in [-0.15, -0.1) is 0 Å². The van der Waals surface area contributed by atoms with Gasteiger partial charge in [-0.25, -0.2) is 9.78 Å². The Hall–Kier alpha value is -4.38. The first kappa shape index (κ1) is 26.7. The molecule has 0 aliphatic carbocycles. The minimum absolute atomic E-state index is 0.0587. The fourth-order valence-electron chi connectivity index (χ4n) is 3.79. The first-order chi connectivity index (χ1) is 18.2. The third-order valence-electron chi connectivity index (χ3n) is 5.98. The number of para-hydroxylation sites is 1. The van der Waals surface area contributed by atoms with E-state index in [4.69, 9.17) is 4.74 Å². The number of hydrogen-bond donors (Lipinski definition) is 1. The standard InChI is InChI=1S/C27H23BrN4O6/c1-3-16(2)25-30-22-11-10-20(28)13-21(22)26(33)31(25)29-14-19-8-5-9-23(32(36)37)24(19)38-15-17-6-4-7-18(12-17)27(34)35/h4-14,16H,3,15H2,1-2H3,(H,34,35)/t16-/m0/s1. The van der Waals surface area contributed by atoms with E-state index in [1.807, 2.05) is 19.9 Å². The molecular formula is C27H23BrN4O6. The number of aromatic nitrogens is 2. The van der Waals surface area contributed by atoms with Gasteiger partial charge >= 0.3 is 11.7 Å². The molecule has 0 fully saturated rings. The van der Waals surface area contributed by atoms with E-state index in [-0.39, 0.29) is 40.6 Å². The van der Waals surface area contributed by atoms with E-state index in [0.29, 0.717) is 28.7 Å². The van der Waals surface area contributed by atoms with Crippen molar-refractivity contribution < 1.29 is 19.6 Å². The molecule has 0 spiro atoms. The zero-order chi connectivity index (χ0) is 27.4. The quantitative estimate of drug-likeness (QED) is 0.152. The van der Waals surface area contributed by atoms with Crippen molar-refractivity contribution in [1.82, 2.24) is 9.66 Å². The molecule has 10 nitrogen and oxygen atoms in total. The molecule has 1 N–H and O–H groups in total. The van der Waals surface area contributed by atoms with Crippen LogP contribution in [-0.2, 0) is 6.61 Å². The molecule has 4 rings (SSSR count). The van der Waals surface area contributed by atoms with E-state index in [2.05, 4.69) is 26.0 Å². The fourth-order valence-corrected chi connectivity index (χ4v) is 4.15. The normalized spacial score (nSPS) is 12.1. The highest BCUT2D eigenvalue weighted by Gasteiger charge is 2.20. The van der Waals surface area contributed by atoms with E-state index < -0.39 is 10.9 Å². The predicted molar refractivity (Wildman–Crippen MR) is 146 cm³/mol. The molecule has 0 radical (unpaired) electrons. The van der Waals surface area contributed by atoms with E-state index in [1.165, 1.54) is 35.2 Å². The van der Waals surface area contributed by atoms with Crippen molar-refractivity contribution in [3.05, 3.63) is 108 Å². The zero-order valence-corrected chi connectivity index (χ0v) is 22.1. The van der Waals surface area contributed by atoms with Gasteiger partial charge in [0, 0.05) is 22.0 Å². The summed E-state index contributed by atoms with van der Waals surface area (Å²) in [5.41, 5.74) is 0.737. The van der Waals surface area contributed by atoms with Crippen LogP contribution < -0.4 is 10.3 Å². The lowest BCUT2D eigenvalue weighted by molar-refractivity contribution is -0.385. The molecule has 1 heterocycles. The molecule has 0 unspecified atom stereocenters. The molecule has 0 saturated carbocycles. The van der Waals surface area contributed by atoms with Gasteiger partial charge in [0.05, 0.1) is 27.6 Å². The van der Waals surface area contributed by atoms with Crippen molar-refractivity contribution in [2.45, 2.75) is 32.8 Å². The summed E-state index contributed by atoms with van der Waals surface area (Å²) in [5, 5.41) is 25.8. The highest BCUT2D eigenvalue weighted by molar-refractivity contribution is 9.10. The van der Waals surface area contributed by atoms with Crippen LogP contribution in [0.15, 0.2) is 75.0 Å². The van der Waals surface area contributed by atoms with Gasteiger partial charge in [-0.3, -0.25) is 14.9 Å². The van der Waals surface area contributed by atoms with E-state index in [9.17, 15) is 24.8 Å². The molecule has 11 heteroatoms. The summed E-state index contributed by atoms with van der Waals surface area (Å²) in [6.45, 7) is 3.80. The molecule has 0 bridgehead atoms. The molecular weight excluding hydrogens is 556 g/mol. The van der Waals surface area contributed by atoms with Gasteiger partial charge < -0.3 is 9.84 Å². The number of aromatic carboxylic acids is 1. The Kier molecular flexibility index (Phi) is 7.96. The molecule has 38 heavy (non-hydrogen) atoms. The van der Waals surface area contributed by atoms with Gasteiger partial charge in [-0.05, 0) is 48.4 Å². The van der Waals surface area contributed by atoms with Crippen LogP contribution in [0, 0.1) is 10.1 Å². The van der Waals surface area contributed by atoms with E-state index in [0.717, 1.165) is 4.47 Å². The van der Waals surface area contributed by atoms with Gasteiger partial charge in [-0.2, -0.15) is 9.78 Å². The second kappa shape index (κ2) is 11.3. The largest absolute Gasteiger partial charge is 0.481 e. The van der Waals surface area contributed by atoms with Gasteiger partial charge in [-0.1, -0.05) is 48.0 Å². The van der Waals surface area contributed by atoms with Crippen LogP contribution in [0.4, 0.5) is 5.69 Å². The number of benzene rings is 3. The summed E-state index contributed by atoms with van der Waals surface area (Å²) in [6.07, 6.45) is 2.04. The second-order valence-electron chi connectivity index (χ2n) is 8.55. The maximum Gasteiger partial charge on any atom is 0.335 e. The van der Waals surface area contributed by atoms with Crippen LogP contribution >= 0.6 is 15.9 Å². The van der Waals surface area contributed by atoms with Crippen molar-refractivity contribution in [3.8, 4) is 5.75 Å². The number of carboxylic acids is 1. The topological polar surface area (TPSA) is 137 Å². The molecule has 0 aliphatic rings. The summed E-state index contributed by atoms with van der Waals surface area (Å²) in [6, 6.07) is 15.7. The van der Waals surface area contributed by atoms with Crippen molar-refractivity contribution in [3.63, 3.8) is 0 Å². The van der Waals surface area contributed by atoms with Crippen molar-refractivity contribution in [2.75, 3.05) is 0 Å². The minimum Gasteiger partial charge on any atom is -0.481 e. The molecule has 3 aromatic carbocycles. The average Bonchev–Trinajstić information content (AvgIpc) is 2.91. The van der Waals surface area contributed by atoms with Crippen LogP contribution in [0.5, 0.6) is 5.75 Å². The Bertz CT molecular complexity index is 1630. The summed E-state index contributed by atoms with van der Waals surface area (Å²) in [5.74, 6) is -0.780. The number of carboxylic acid groups (broad SMARTS) is 1.